The quantitative estimate of drug-likeness (QED) is 0.936. The molecule has 1 N–H and O–H groups in total. The molecule has 0 bridgehead atoms. The highest BCUT2D eigenvalue weighted by Gasteiger charge is 2.55. The van der Waals surface area contributed by atoms with Crippen LogP contribution in [0, 0.1) is 11.3 Å². The van der Waals surface area contributed by atoms with Crippen molar-refractivity contribution < 1.29 is 14.7 Å². The number of aromatic nitrogens is 2. The molecule has 0 unspecified atom stereocenters. The highest BCUT2D eigenvalue weighted by molar-refractivity contribution is 5.83. The van der Waals surface area contributed by atoms with E-state index in [1.807, 2.05) is 28.8 Å². The molecule has 2 aliphatic rings. The number of imidazole rings is 1. The lowest BCUT2D eigenvalue weighted by Crippen LogP contribution is -2.38. The Morgan fingerprint density at radius 3 is 2.96 bits per heavy atom. The standard InChI is InChI=1S/C17H19N3O3/c21-15(9-20-11-18-13-5-1-2-6-14(13)20)19-8-12-4-3-7-17(12,10-19)16(22)23/h1-2,5-6,11-12H,3-4,7-10H2,(H,22,23)/t12-,17+/m0/s1. The molecule has 1 aromatic heterocycles. The van der Waals surface area contributed by atoms with Gasteiger partial charge in [0.15, 0.2) is 0 Å². The number of carboxylic acids is 1. The fourth-order valence-electron chi connectivity index (χ4n) is 4.21. The summed E-state index contributed by atoms with van der Waals surface area (Å²) in [4.78, 5) is 30.4. The Labute approximate surface area is 133 Å². The smallest absolute Gasteiger partial charge is 0.311 e. The Hall–Kier alpha value is -2.37. The van der Waals surface area contributed by atoms with Crippen LogP contribution < -0.4 is 0 Å². The van der Waals surface area contributed by atoms with Crippen LogP contribution >= 0.6 is 0 Å². The van der Waals surface area contributed by atoms with Crippen LogP contribution in [0.4, 0.5) is 0 Å². The van der Waals surface area contributed by atoms with E-state index in [-0.39, 0.29) is 18.4 Å². The van der Waals surface area contributed by atoms with Crippen molar-refractivity contribution in [3.05, 3.63) is 30.6 Å². The number of carbonyl (C=O) groups is 2. The second kappa shape index (κ2) is 5.08. The number of hydrogen-bond donors (Lipinski definition) is 1. The number of aliphatic carboxylic acids is 1. The van der Waals surface area contributed by atoms with Crippen LogP contribution in [-0.2, 0) is 16.1 Å². The summed E-state index contributed by atoms with van der Waals surface area (Å²) in [5, 5.41) is 9.62. The Balaban J connectivity index is 1.53. The van der Waals surface area contributed by atoms with Gasteiger partial charge in [0.2, 0.25) is 5.91 Å². The molecule has 4 rings (SSSR count). The van der Waals surface area contributed by atoms with E-state index in [0.29, 0.717) is 19.5 Å². The van der Waals surface area contributed by atoms with E-state index in [2.05, 4.69) is 4.98 Å². The molecule has 1 saturated carbocycles. The molecule has 2 fully saturated rings. The van der Waals surface area contributed by atoms with Crippen LogP contribution in [0.1, 0.15) is 19.3 Å². The van der Waals surface area contributed by atoms with Crippen molar-refractivity contribution in [1.29, 1.82) is 0 Å². The lowest BCUT2D eigenvalue weighted by atomic mass is 9.81. The molecule has 2 aromatic rings. The largest absolute Gasteiger partial charge is 0.481 e. The number of nitrogens with zero attached hydrogens (tertiary/aromatic N) is 3. The third-order valence-corrected chi connectivity index (χ3v) is 5.48. The van der Waals surface area contributed by atoms with Gasteiger partial charge in [-0.05, 0) is 30.9 Å². The van der Waals surface area contributed by atoms with Crippen LogP contribution in [0.15, 0.2) is 30.6 Å². The van der Waals surface area contributed by atoms with Crippen molar-refractivity contribution in [2.24, 2.45) is 11.3 Å². The van der Waals surface area contributed by atoms with Crippen molar-refractivity contribution in [3.63, 3.8) is 0 Å². The number of rotatable bonds is 3. The van der Waals surface area contributed by atoms with Gasteiger partial charge in [0.1, 0.15) is 6.54 Å². The fraction of sp³-hybridized carbons (Fsp3) is 0.471. The number of fused-ring (bicyclic) bond motifs is 2. The van der Waals surface area contributed by atoms with Crippen molar-refractivity contribution >= 4 is 22.9 Å². The second-order valence-electron chi connectivity index (χ2n) is 6.69. The van der Waals surface area contributed by atoms with Gasteiger partial charge in [0, 0.05) is 13.1 Å². The Kier molecular flexibility index (Phi) is 3.14. The van der Waals surface area contributed by atoms with Crippen molar-refractivity contribution in [1.82, 2.24) is 14.5 Å². The van der Waals surface area contributed by atoms with Crippen molar-refractivity contribution in [2.75, 3.05) is 13.1 Å². The summed E-state index contributed by atoms with van der Waals surface area (Å²) in [5.41, 5.74) is 1.07. The third-order valence-electron chi connectivity index (χ3n) is 5.48. The maximum absolute atomic E-state index is 12.6. The summed E-state index contributed by atoms with van der Waals surface area (Å²) in [7, 11) is 0. The van der Waals surface area contributed by atoms with Gasteiger partial charge < -0.3 is 14.6 Å². The molecule has 23 heavy (non-hydrogen) atoms. The molecular formula is C17H19N3O3. The maximum atomic E-state index is 12.6. The summed E-state index contributed by atoms with van der Waals surface area (Å²) in [5.74, 6) is -0.671. The van der Waals surface area contributed by atoms with Gasteiger partial charge in [-0.2, -0.15) is 0 Å². The predicted molar refractivity (Wildman–Crippen MR) is 83.7 cm³/mol. The number of amides is 1. The molecule has 120 valence electrons. The average Bonchev–Trinajstić information content (AvgIpc) is 3.19. The molecule has 1 saturated heterocycles. The van der Waals surface area contributed by atoms with E-state index >= 15 is 0 Å². The van der Waals surface area contributed by atoms with Crippen LogP contribution in [0.3, 0.4) is 0 Å². The highest BCUT2D eigenvalue weighted by atomic mass is 16.4. The number of likely N-dealkylation sites (tertiary alicyclic amines) is 1. The number of benzene rings is 1. The molecule has 6 nitrogen and oxygen atoms in total. The third kappa shape index (κ3) is 2.12. The molecule has 1 amide bonds. The van der Waals surface area contributed by atoms with Gasteiger partial charge in [-0.1, -0.05) is 18.6 Å². The maximum Gasteiger partial charge on any atom is 0.311 e. The lowest BCUT2D eigenvalue weighted by molar-refractivity contribution is -0.149. The van der Waals surface area contributed by atoms with Gasteiger partial charge in [0.05, 0.1) is 22.8 Å². The molecule has 2 atom stereocenters. The van der Waals surface area contributed by atoms with E-state index in [4.69, 9.17) is 0 Å². The van der Waals surface area contributed by atoms with Gasteiger partial charge in [0.25, 0.3) is 0 Å². The van der Waals surface area contributed by atoms with E-state index in [0.717, 1.165) is 23.9 Å². The van der Waals surface area contributed by atoms with Gasteiger partial charge in [-0.25, -0.2) is 4.98 Å². The van der Waals surface area contributed by atoms with Crippen LogP contribution in [0.25, 0.3) is 11.0 Å². The minimum Gasteiger partial charge on any atom is -0.481 e. The zero-order chi connectivity index (χ0) is 16.0. The molecule has 6 heteroatoms. The first-order chi connectivity index (χ1) is 11.1. The molecule has 1 aromatic carbocycles. The Morgan fingerprint density at radius 2 is 2.17 bits per heavy atom. The minimum atomic E-state index is -0.747. The van der Waals surface area contributed by atoms with Crippen LogP contribution in [0.2, 0.25) is 0 Å². The Morgan fingerprint density at radius 1 is 1.35 bits per heavy atom. The van der Waals surface area contributed by atoms with E-state index < -0.39 is 11.4 Å². The average molecular weight is 313 g/mol. The van der Waals surface area contributed by atoms with Crippen LogP contribution in [0.5, 0.6) is 0 Å². The van der Waals surface area contributed by atoms with E-state index in [1.54, 1.807) is 11.2 Å². The zero-order valence-corrected chi connectivity index (χ0v) is 12.8. The SMILES string of the molecule is O=C(Cn1cnc2ccccc21)N1C[C@@H]2CCC[C@@]2(C(=O)O)C1. The number of hydrogen-bond acceptors (Lipinski definition) is 3. The number of carboxylic acid groups (broad SMARTS) is 1. The highest BCUT2D eigenvalue weighted by Crippen LogP contribution is 2.48. The lowest BCUT2D eigenvalue weighted by Gasteiger charge is -2.23. The number of para-hydroxylation sites is 2. The molecule has 0 spiro atoms. The molecular weight excluding hydrogens is 294 g/mol. The normalized spacial score (nSPS) is 26.6. The second-order valence-corrected chi connectivity index (χ2v) is 6.69. The van der Waals surface area contributed by atoms with Gasteiger partial charge in [-0.3, -0.25) is 9.59 Å². The molecule has 1 aliphatic carbocycles. The summed E-state index contributed by atoms with van der Waals surface area (Å²) < 4.78 is 1.83. The first-order valence-corrected chi connectivity index (χ1v) is 8.01. The first-order valence-electron chi connectivity index (χ1n) is 8.01. The summed E-state index contributed by atoms with van der Waals surface area (Å²) >= 11 is 0. The van der Waals surface area contributed by atoms with Crippen LogP contribution in [-0.4, -0.2) is 44.5 Å². The monoisotopic (exact) mass is 313 g/mol. The molecule has 1 aliphatic heterocycles. The van der Waals surface area contributed by atoms with Crippen molar-refractivity contribution in [3.8, 4) is 0 Å². The topological polar surface area (TPSA) is 75.4 Å². The van der Waals surface area contributed by atoms with Gasteiger partial charge in [-0.15, -0.1) is 0 Å². The number of carbonyl (C=O) groups excluding carboxylic acids is 1. The zero-order valence-electron chi connectivity index (χ0n) is 12.8. The predicted octanol–water partition coefficient (Wildman–Crippen LogP) is 1.75. The van der Waals surface area contributed by atoms with E-state index in [1.165, 1.54) is 0 Å². The minimum absolute atomic E-state index is 0.0248. The summed E-state index contributed by atoms with van der Waals surface area (Å²) in [6.45, 7) is 1.12. The van der Waals surface area contributed by atoms with E-state index in [9.17, 15) is 14.7 Å². The molecule has 0 radical (unpaired) electrons. The summed E-state index contributed by atoms with van der Waals surface area (Å²) in [6, 6.07) is 7.69. The van der Waals surface area contributed by atoms with Gasteiger partial charge >= 0.3 is 5.97 Å². The molecule has 2 heterocycles. The summed E-state index contributed by atoms with van der Waals surface area (Å²) in [6.07, 6.45) is 4.21. The first kappa shape index (κ1) is 14.2. The fourth-order valence-corrected chi connectivity index (χ4v) is 4.21. The Bertz CT molecular complexity index is 784. The van der Waals surface area contributed by atoms with Crippen molar-refractivity contribution in [2.45, 2.75) is 25.8 Å².